The molecule has 18 heavy (non-hydrogen) atoms. The smallest absolute Gasteiger partial charge is 0.293 e. The standard InChI is InChI=1S/C9H8N2.C5H10O2/c10-4-7-1-2-8-5-11-6-9(8)3-7;1-5(2,3)7-4-6/h1-3,11H,5-6H2;4H,1-3H3. The van der Waals surface area contributed by atoms with Crippen LogP contribution >= 0.6 is 0 Å². The predicted octanol–water partition coefficient (Wildman–Crippen LogP) is 2.12. The fourth-order valence-corrected chi connectivity index (χ4v) is 1.51. The Kier molecular flexibility index (Phi) is 4.87. The van der Waals surface area contributed by atoms with Gasteiger partial charge in [-0.15, -0.1) is 0 Å². The van der Waals surface area contributed by atoms with Crippen LogP contribution in [0.3, 0.4) is 0 Å². The normalized spacial score (nSPS) is 12.8. The summed E-state index contributed by atoms with van der Waals surface area (Å²) in [6.45, 7) is 7.77. The highest BCUT2D eigenvalue weighted by Crippen LogP contribution is 2.16. The Morgan fingerprint density at radius 1 is 1.33 bits per heavy atom. The molecule has 1 heterocycles. The fourth-order valence-electron chi connectivity index (χ4n) is 1.51. The Bertz CT molecular complexity index is 456. The quantitative estimate of drug-likeness (QED) is 0.771. The molecule has 0 radical (unpaired) electrons. The zero-order valence-corrected chi connectivity index (χ0v) is 11.0. The molecule has 2 rings (SSSR count). The van der Waals surface area contributed by atoms with E-state index in [9.17, 15) is 4.79 Å². The topological polar surface area (TPSA) is 62.1 Å². The van der Waals surface area contributed by atoms with Crippen molar-refractivity contribution in [3.05, 3.63) is 34.9 Å². The van der Waals surface area contributed by atoms with Gasteiger partial charge in [0.25, 0.3) is 6.47 Å². The van der Waals surface area contributed by atoms with Crippen molar-refractivity contribution < 1.29 is 9.53 Å². The average molecular weight is 246 g/mol. The van der Waals surface area contributed by atoms with Crippen LogP contribution in [0.15, 0.2) is 18.2 Å². The van der Waals surface area contributed by atoms with E-state index in [1.54, 1.807) is 0 Å². The Hall–Kier alpha value is -1.86. The third-order valence-electron chi connectivity index (χ3n) is 2.37. The van der Waals surface area contributed by atoms with Crippen LogP contribution in [0.25, 0.3) is 0 Å². The number of carbonyl (C=O) groups is 1. The minimum Gasteiger partial charge on any atom is -0.462 e. The highest BCUT2D eigenvalue weighted by molar-refractivity contribution is 5.39. The number of carbonyl (C=O) groups excluding carboxylic acids is 1. The van der Waals surface area contributed by atoms with Gasteiger partial charge in [-0.3, -0.25) is 4.79 Å². The molecule has 1 aliphatic heterocycles. The summed E-state index contributed by atoms with van der Waals surface area (Å²) < 4.78 is 4.55. The van der Waals surface area contributed by atoms with E-state index in [4.69, 9.17) is 5.26 Å². The van der Waals surface area contributed by atoms with Crippen molar-refractivity contribution in [2.45, 2.75) is 39.5 Å². The van der Waals surface area contributed by atoms with E-state index in [1.165, 1.54) is 11.1 Å². The zero-order chi connectivity index (χ0) is 13.6. The maximum atomic E-state index is 9.60. The van der Waals surface area contributed by atoms with Crippen molar-refractivity contribution in [1.29, 1.82) is 5.26 Å². The van der Waals surface area contributed by atoms with Gasteiger partial charge in [0.1, 0.15) is 5.60 Å². The molecule has 1 aromatic carbocycles. The number of nitriles is 1. The van der Waals surface area contributed by atoms with Gasteiger partial charge in [0.15, 0.2) is 0 Å². The van der Waals surface area contributed by atoms with Gasteiger partial charge in [0, 0.05) is 13.1 Å². The number of ether oxygens (including phenoxy) is 1. The number of fused-ring (bicyclic) bond motifs is 1. The molecule has 0 aliphatic carbocycles. The number of nitrogens with zero attached hydrogens (tertiary/aromatic N) is 1. The monoisotopic (exact) mass is 246 g/mol. The largest absolute Gasteiger partial charge is 0.462 e. The molecule has 0 unspecified atom stereocenters. The second kappa shape index (κ2) is 6.18. The molecule has 1 aliphatic rings. The lowest BCUT2D eigenvalue weighted by molar-refractivity contribution is -0.138. The molecule has 0 atom stereocenters. The van der Waals surface area contributed by atoms with Gasteiger partial charge in [-0.25, -0.2) is 0 Å². The van der Waals surface area contributed by atoms with Crippen LogP contribution in [0.1, 0.15) is 37.5 Å². The van der Waals surface area contributed by atoms with Gasteiger partial charge < -0.3 is 10.1 Å². The molecule has 0 saturated heterocycles. The van der Waals surface area contributed by atoms with Crippen molar-refractivity contribution in [2.75, 3.05) is 0 Å². The maximum absolute atomic E-state index is 9.60. The molecule has 1 N–H and O–H groups in total. The first kappa shape index (κ1) is 14.2. The lowest BCUT2D eigenvalue weighted by atomic mass is 10.1. The van der Waals surface area contributed by atoms with E-state index in [2.05, 4.69) is 16.1 Å². The molecule has 0 bridgehead atoms. The van der Waals surface area contributed by atoms with Crippen molar-refractivity contribution in [3.8, 4) is 6.07 Å². The minimum atomic E-state index is -0.318. The zero-order valence-electron chi connectivity index (χ0n) is 11.0. The van der Waals surface area contributed by atoms with Gasteiger partial charge in [-0.2, -0.15) is 5.26 Å². The molecular formula is C14H18N2O2. The number of nitrogens with one attached hydrogen (secondary N) is 1. The van der Waals surface area contributed by atoms with Crippen molar-refractivity contribution in [3.63, 3.8) is 0 Å². The van der Waals surface area contributed by atoms with Crippen LogP contribution in [0.4, 0.5) is 0 Å². The Balaban J connectivity index is 0.000000203. The summed E-state index contributed by atoms with van der Waals surface area (Å²) >= 11 is 0. The van der Waals surface area contributed by atoms with Crippen molar-refractivity contribution in [1.82, 2.24) is 5.32 Å². The Morgan fingerprint density at radius 3 is 2.50 bits per heavy atom. The van der Waals surface area contributed by atoms with Gasteiger partial charge in [-0.1, -0.05) is 6.07 Å². The second-order valence-corrected chi connectivity index (χ2v) is 5.03. The molecule has 0 amide bonds. The molecular weight excluding hydrogens is 228 g/mol. The van der Waals surface area contributed by atoms with Crippen LogP contribution in [-0.4, -0.2) is 12.1 Å². The van der Waals surface area contributed by atoms with Crippen LogP contribution in [0.2, 0.25) is 0 Å². The maximum Gasteiger partial charge on any atom is 0.293 e. The first-order chi connectivity index (χ1) is 8.46. The molecule has 0 spiro atoms. The van der Waals surface area contributed by atoms with Gasteiger partial charge in [-0.05, 0) is 44.0 Å². The third-order valence-corrected chi connectivity index (χ3v) is 2.37. The number of hydrogen-bond donors (Lipinski definition) is 1. The number of rotatable bonds is 1. The first-order valence-electron chi connectivity index (χ1n) is 5.80. The summed E-state index contributed by atoms with van der Waals surface area (Å²) in [7, 11) is 0. The highest BCUT2D eigenvalue weighted by Gasteiger charge is 2.09. The summed E-state index contributed by atoms with van der Waals surface area (Å²) in [6, 6.07) is 7.97. The average Bonchev–Trinajstić information content (AvgIpc) is 2.74. The van der Waals surface area contributed by atoms with E-state index in [-0.39, 0.29) is 5.60 Å². The minimum absolute atomic E-state index is 0.318. The van der Waals surface area contributed by atoms with Crippen LogP contribution in [-0.2, 0) is 22.6 Å². The predicted molar refractivity (Wildman–Crippen MR) is 68.6 cm³/mol. The molecule has 0 saturated carbocycles. The number of hydrogen-bond acceptors (Lipinski definition) is 4. The highest BCUT2D eigenvalue weighted by atomic mass is 16.5. The Morgan fingerprint density at radius 2 is 2.00 bits per heavy atom. The van der Waals surface area contributed by atoms with Crippen molar-refractivity contribution >= 4 is 6.47 Å². The summed E-state index contributed by atoms with van der Waals surface area (Å²) in [5.74, 6) is 0. The van der Waals surface area contributed by atoms with Crippen molar-refractivity contribution in [2.24, 2.45) is 0 Å². The molecule has 0 fully saturated rings. The fraction of sp³-hybridized carbons (Fsp3) is 0.429. The van der Waals surface area contributed by atoms with Gasteiger partial charge in [0.2, 0.25) is 0 Å². The molecule has 1 aromatic rings. The van der Waals surface area contributed by atoms with Crippen LogP contribution in [0, 0.1) is 11.3 Å². The summed E-state index contributed by atoms with van der Waals surface area (Å²) in [5.41, 5.74) is 3.03. The van der Waals surface area contributed by atoms with Gasteiger partial charge in [0.05, 0.1) is 11.6 Å². The van der Waals surface area contributed by atoms with E-state index in [0.29, 0.717) is 6.47 Å². The summed E-state index contributed by atoms with van der Waals surface area (Å²) in [4.78, 5) is 9.60. The second-order valence-electron chi connectivity index (χ2n) is 5.03. The molecule has 4 nitrogen and oxygen atoms in total. The first-order valence-corrected chi connectivity index (χ1v) is 5.80. The lowest BCUT2D eigenvalue weighted by Crippen LogP contribution is -2.17. The third kappa shape index (κ3) is 4.56. The SMILES string of the molecule is CC(C)(C)OC=O.N#Cc1ccc2c(c1)CNC2. The van der Waals surface area contributed by atoms with Gasteiger partial charge >= 0.3 is 0 Å². The van der Waals surface area contributed by atoms with E-state index < -0.39 is 0 Å². The van der Waals surface area contributed by atoms with Crippen LogP contribution < -0.4 is 5.32 Å². The lowest BCUT2D eigenvalue weighted by Gasteiger charge is -2.14. The summed E-state index contributed by atoms with van der Waals surface area (Å²) in [5, 5.41) is 11.8. The van der Waals surface area contributed by atoms with E-state index in [1.807, 2.05) is 39.0 Å². The molecule has 0 aromatic heterocycles. The summed E-state index contributed by atoms with van der Waals surface area (Å²) in [6.07, 6.45) is 0. The Labute approximate surface area is 108 Å². The van der Waals surface area contributed by atoms with Crippen LogP contribution in [0.5, 0.6) is 0 Å². The van der Waals surface area contributed by atoms with E-state index >= 15 is 0 Å². The number of benzene rings is 1. The van der Waals surface area contributed by atoms with E-state index in [0.717, 1.165) is 18.7 Å². The molecule has 96 valence electrons. The molecule has 4 heteroatoms.